The van der Waals surface area contributed by atoms with Gasteiger partial charge in [0, 0.05) is 33.2 Å². The molecule has 4 aromatic carbocycles. The van der Waals surface area contributed by atoms with E-state index in [0.717, 1.165) is 68.0 Å². The van der Waals surface area contributed by atoms with Gasteiger partial charge in [-0.25, -0.2) is 0 Å². The van der Waals surface area contributed by atoms with Crippen LogP contribution < -0.4 is 18.5 Å². The maximum Gasteiger partial charge on any atom is 0.157 e. The highest BCUT2D eigenvalue weighted by atomic mass is 31.1. The fourth-order valence-electron chi connectivity index (χ4n) is 6.50. The first-order valence-corrected chi connectivity index (χ1v) is 19.3. The SMILES string of the molecule is CCC(C)(Oc1cccc2ccccc12)POc1c(C(C)(C)C)cc(C(C)(C)C)c(C)c1-c1c(C)c(OC(C)(C)C)cc(C(C)(C)C)c1OP. The molecule has 50 heavy (non-hydrogen) atoms. The van der Waals surface area contributed by atoms with Crippen molar-refractivity contribution in [3.8, 4) is 34.1 Å². The van der Waals surface area contributed by atoms with Gasteiger partial charge >= 0.3 is 0 Å². The fourth-order valence-corrected chi connectivity index (χ4v) is 7.57. The van der Waals surface area contributed by atoms with Gasteiger partial charge in [0.1, 0.15) is 37.4 Å². The normalized spacial score (nSPS) is 14.3. The number of fused-ring (bicyclic) bond motifs is 1. The Labute approximate surface area is 307 Å². The molecule has 0 amide bonds. The molecular weight excluding hydrogens is 654 g/mol. The number of rotatable bonds is 9. The third kappa shape index (κ3) is 8.62. The lowest BCUT2D eigenvalue weighted by atomic mass is 9.74. The van der Waals surface area contributed by atoms with Crippen LogP contribution in [0.1, 0.15) is 131 Å². The monoisotopic (exact) mass is 716 g/mol. The molecule has 3 atom stereocenters. The summed E-state index contributed by atoms with van der Waals surface area (Å²) < 4.78 is 27.2. The van der Waals surface area contributed by atoms with Crippen LogP contribution in [0.15, 0.2) is 54.6 Å². The average molecular weight is 717 g/mol. The van der Waals surface area contributed by atoms with Gasteiger partial charge in [0.15, 0.2) is 5.34 Å². The van der Waals surface area contributed by atoms with Crippen LogP contribution in [0.2, 0.25) is 0 Å². The van der Waals surface area contributed by atoms with Crippen molar-refractivity contribution in [3.05, 3.63) is 82.4 Å². The third-order valence-electron chi connectivity index (χ3n) is 9.37. The molecule has 4 aromatic rings. The molecule has 0 fully saturated rings. The minimum atomic E-state index is -0.574. The summed E-state index contributed by atoms with van der Waals surface area (Å²) in [5, 5.41) is 1.69. The van der Waals surface area contributed by atoms with Gasteiger partial charge in [0.2, 0.25) is 0 Å². The van der Waals surface area contributed by atoms with E-state index in [1.165, 1.54) is 11.1 Å². The Morgan fingerprint density at radius 1 is 0.600 bits per heavy atom. The molecule has 0 aliphatic rings. The number of hydrogen-bond donors (Lipinski definition) is 0. The largest absolute Gasteiger partial charge is 0.488 e. The first-order chi connectivity index (χ1) is 22.9. The van der Waals surface area contributed by atoms with Crippen molar-refractivity contribution in [3.63, 3.8) is 0 Å². The summed E-state index contributed by atoms with van der Waals surface area (Å²) in [6.07, 6.45) is 0.774. The molecule has 0 saturated heterocycles. The van der Waals surface area contributed by atoms with Crippen molar-refractivity contribution >= 4 is 29.0 Å². The predicted molar refractivity (Wildman–Crippen MR) is 220 cm³/mol. The Hall–Kier alpha value is -2.80. The number of benzene rings is 4. The van der Waals surface area contributed by atoms with Crippen molar-refractivity contribution in [1.29, 1.82) is 0 Å². The first kappa shape index (κ1) is 40.0. The van der Waals surface area contributed by atoms with E-state index in [1.54, 1.807) is 0 Å². The summed E-state index contributed by atoms with van der Waals surface area (Å²) in [6, 6.07) is 19.2. The molecule has 3 unspecified atom stereocenters. The van der Waals surface area contributed by atoms with Gasteiger partial charge in [-0.2, -0.15) is 0 Å². The van der Waals surface area contributed by atoms with E-state index in [4.69, 9.17) is 18.5 Å². The van der Waals surface area contributed by atoms with Crippen molar-refractivity contribution in [2.24, 2.45) is 0 Å². The molecule has 0 aliphatic heterocycles. The molecule has 272 valence electrons. The van der Waals surface area contributed by atoms with Gasteiger partial charge in [-0.3, -0.25) is 0 Å². The summed E-state index contributed by atoms with van der Waals surface area (Å²) in [5.74, 6) is 3.43. The second-order valence-corrected chi connectivity index (χ2v) is 19.7. The smallest absolute Gasteiger partial charge is 0.157 e. The minimum absolute atomic E-state index is 0.0165. The molecule has 4 nitrogen and oxygen atoms in total. The predicted octanol–water partition coefficient (Wildman–Crippen LogP) is 13.5. The number of hydrogen-bond acceptors (Lipinski definition) is 4. The van der Waals surface area contributed by atoms with E-state index >= 15 is 0 Å². The average Bonchev–Trinajstić information content (AvgIpc) is 2.99. The van der Waals surface area contributed by atoms with Crippen LogP contribution in [0.25, 0.3) is 21.9 Å². The quantitative estimate of drug-likeness (QED) is 0.162. The molecule has 0 N–H and O–H groups in total. The zero-order valence-electron chi connectivity index (χ0n) is 33.6. The molecule has 0 aliphatic carbocycles. The molecule has 0 aromatic heterocycles. The first-order valence-electron chi connectivity index (χ1n) is 18.0. The van der Waals surface area contributed by atoms with Crippen LogP contribution in [0.5, 0.6) is 23.0 Å². The van der Waals surface area contributed by atoms with Crippen molar-refractivity contribution in [1.82, 2.24) is 0 Å². The zero-order valence-corrected chi connectivity index (χ0v) is 35.8. The van der Waals surface area contributed by atoms with Crippen molar-refractivity contribution in [2.45, 2.75) is 144 Å². The highest BCUT2D eigenvalue weighted by Crippen LogP contribution is 2.55. The maximum atomic E-state index is 7.26. The molecule has 0 spiro atoms. The Morgan fingerprint density at radius 3 is 1.68 bits per heavy atom. The fraction of sp³-hybridized carbons (Fsp3) is 0.500. The van der Waals surface area contributed by atoms with Crippen LogP contribution in [-0.4, -0.2) is 10.9 Å². The van der Waals surface area contributed by atoms with Gasteiger partial charge in [0.05, 0.1) is 9.47 Å². The van der Waals surface area contributed by atoms with E-state index in [9.17, 15) is 0 Å². The molecule has 0 saturated carbocycles. The highest BCUT2D eigenvalue weighted by Gasteiger charge is 2.36. The van der Waals surface area contributed by atoms with E-state index in [2.05, 4.69) is 175 Å². The topological polar surface area (TPSA) is 36.9 Å². The Bertz CT molecular complexity index is 1840. The highest BCUT2D eigenvalue weighted by molar-refractivity contribution is 7.34. The lowest BCUT2D eigenvalue weighted by molar-refractivity contribution is 0.129. The van der Waals surface area contributed by atoms with Crippen LogP contribution in [0.3, 0.4) is 0 Å². The summed E-state index contributed by atoms with van der Waals surface area (Å²) in [4.78, 5) is 0. The van der Waals surface area contributed by atoms with E-state index in [0.29, 0.717) is 0 Å². The molecular formula is C44H62O4P2. The van der Waals surface area contributed by atoms with Gasteiger partial charge < -0.3 is 18.5 Å². The lowest BCUT2D eigenvalue weighted by Crippen LogP contribution is -2.27. The van der Waals surface area contributed by atoms with Gasteiger partial charge in [-0.05, 0) is 92.9 Å². The summed E-state index contributed by atoms with van der Waals surface area (Å²) >= 11 is 0. The van der Waals surface area contributed by atoms with Crippen LogP contribution in [-0.2, 0) is 16.2 Å². The summed E-state index contributed by atoms with van der Waals surface area (Å²) in [7, 11) is 2.56. The van der Waals surface area contributed by atoms with Crippen LogP contribution in [0, 0.1) is 13.8 Å². The second-order valence-electron chi connectivity index (χ2n) is 18.0. The van der Waals surface area contributed by atoms with Gasteiger partial charge in [0.25, 0.3) is 0 Å². The van der Waals surface area contributed by atoms with E-state index < -0.39 is 5.34 Å². The Morgan fingerprint density at radius 2 is 1.14 bits per heavy atom. The third-order valence-corrected chi connectivity index (χ3v) is 10.8. The molecule has 4 rings (SSSR count). The molecule has 0 heterocycles. The van der Waals surface area contributed by atoms with Crippen molar-refractivity contribution in [2.75, 3.05) is 0 Å². The van der Waals surface area contributed by atoms with E-state index in [1.807, 2.05) is 0 Å². The Kier molecular flexibility index (Phi) is 11.4. The summed E-state index contributed by atoms with van der Waals surface area (Å²) in [6.45, 7) is 35.4. The van der Waals surface area contributed by atoms with E-state index in [-0.39, 0.29) is 30.7 Å². The maximum absolute atomic E-state index is 7.26. The van der Waals surface area contributed by atoms with Crippen LogP contribution >= 0.6 is 18.3 Å². The molecule has 0 radical (unpaired) electrons. The molecule has 6 heteroatoms. The standard InChI is InChI=1S/C44H62O4P2/c1-17-44(16,46-34-24-20-22-29-21-18-19-23-30(29)34)50-48-39-32(41(7,8)9)25-31(40(4,5)6)27(2)36(39)37-28(3)35(45-43(13,14)15)26-33(38(37)47-49)42(10,11)12/h18-26,50H,17,49H2,1-16H3. The van der Waals surface area contributed by atoms with Gasteiger partial charge in [-0.1, -0.05) is 112 Å². The number of ether oxygens (including phenoxy) is 2. The van der Waals surface area contributed by atoms with Crippen LogP contribution in [0.4, 0.5) is 0 Å². The summed E-state index contributed by atoms with van der Waals surface area (Å²) in [5.41, 5.74) is 6.85. The lowest BCUT2D eigenvalue weighted by Gasteiger charge is -2.36. The zero-order chi connectivity index (χ0) is 37.6. The molecule has 0 bridgehead atoms. The Balaban J connectivity index is 2.07. The van der Waals surface area contributed by atoms with Gasteiger partial charge in [-0.15, -0.1) is 0 Å². The van der Waals surface area contributed by atoms with Crippen molar-refractivity contribution < 1.29 is 18.5 Å². The minimum Gasteiger partial charge on any atom is -0.488 e. The second kappa shape index (κ2) is 14.3.